The van der Waals surface area contributed by atoms with E-state index in [1.165, 1.54) is 4.68 Å². The van der Waals surface area contributed by atoms with Crippen LogP contribution in [0.3, 0.4) is 0 Å². The number of amides is 1. The van der Waals surface area contributed by atoms with Crippen molar-refractivity contribution in [3.05, 3.63) is 11.6 Å². The van der Waals surface area contributed by atoms with Gasteiger partial charge in [-0.3, -0.25) is 0 Å². The molecule has 1 amide bonds. The second kappa shape index (κ2) is 3.14. The average molecular weight is 181 g/mol. The summed E-state index contributed by atoms with van der Waals surface area (Å²) in [5, 5.41) is 6.72. The first-order valence-corrected chi connectivity index (χ1v) is 4.24. The van der Waals surface area contributed by atoms with Crippen LogP contribution >= 0.6 is 0 Å². The quantitative estimate of drug-likeness (QED) is 0.606. The van der Waals surface area contributed by atoms with Gasteiger partial charge in [0.05, 0.1) is 0 Å². The van der Waals surface area contributed by atoms with Crippen LogP contribution in [0, 0.1) is 0 Å². The Morgan fingerprint density at radius 2 is 2.46 bits per heavy atom. The number of nitrogens with one attached hydrogen (secondary N) is 1. The SMILES string of the molecule is NCCc1nc2n(n1)C(=O)NCC2. The molecule has 2 heterocycles. The van der Waals surface area contributed by atoms with Crippen molar-refractivity contribution in [1.82, 2.24) is 20.1 Å². The molecule has 0 radical (unpaired) electrons. The van der Waals surface area contributed by atoms with Gasteiger partial charge in [0.25, 0.3) is 0 Å². The zero-order valence-corrected chi connectivity index (χ0v) is 7.16. The van der Waals surface area contributed by atoms with E-state index in [0.29, 0.717) is 25.3 Å². The van der Waals surface area contributed by atoms with E-state index in [9.17, 15) is 4.79 Å². The Bertz CT molecular complexity index is 332. The molecule has 0 spiro atoms. The lowest BCUT2D eigenvalue weighted by Crippen LogP contribution is -2.37. The van der Waals surface area contributed by atoms with Crippen LogP contribution in [0.4, 0.5) is 4.79 Å². The highest BCUT2D eigenvalue weighted by atomic mass is 16.2. The maximum atomic E-state index is 11.2. The number of aromatic nitrogens is 3. The van der Waals surface area contributed by atoms with Crippen molar-refractivity contribution in [3.63, 3.8) is 0 Å². The minimum Gasteiger partial charge on any atom is -0.336 e. The molecule has 6 nitrogen and oxygen atoms in total. The van der Waals surface area contributed by atoms with E-state index in [1.54, 1.807) is 0 Å². The summed E-state index contributed by atoms with van der Waals surface area (Å²) in [5.41, 5.74) is 5.36. The van der Waals surface area contributed by atoms with Crippen molar-refractivity contribution in [2.45, 2.75) is 12.8 Å². The lowest BCUT2D eigenvalue weighted by atomic mass is 10.3. The molecule has 1 aliphatic rings. The Hall–Kier alpha value is -1.43. The molecule has 1 aromatic rings. The first-order chi connectivity index (χ1) is 6.31. The van der Waals surface area contributed by atoms with Gasteiger partial charge in [-0.1, -0.05) is 0 Å². The third kappa shape index (κ3) is 1.40. The van der Waals surface area contributed by atoms with Crippen molar-refractivity contribution >= 4 is 6.03 Å². The third-order valence-electron chi connectivity index (χ3n) is 1.90. The smallest absolute Gasteiger partial charge is 0.336 e. The number of rotatable bonds is 2. The van der Waals surface area contributed by atoms with E-state index in [1.807, 2.05) is 0 Å². The summed E-state index contributed by atoms with van der Waals surface area (Å²) in [7, 11) is 0. The lowest BCUT2D eigenvalue weighted by molar-refractivity contribution is 0.235. The normalized spacial score (nSPS) is 15.3. The molecule has 0 bridgehead atoms. The summed E-state index contributed by atoms with van der Waals surface area (Å²) in [6.07, 6.45) is 1.36. The lowest BCUT2D eigenvalue weighted by Gasteiger charge is -2.11. The second-order valence-corrected chi connectivity index (χ2v) is 2.88. The topological polar surface area (TPSA) is 85.8 Å². The molecule has 1 aliphatic heterocycles. The molecular formula is C7H11N5O. The first kappa shape index (κ1) is 8.18. The maximum absolute atomic E-state index is 11.2. The Morgan fingerprint density at radius 1 is 1.62 bits per heavy atom. The average Bonchev–Trinajstić information content (AvgIpc) is 2.49. The van der Waals surface area contributed by atoms with Gasteiger partial charge in [-0.15, -0.1) is 5.10 Å². The Balaban J connectivity index is 2.31. The second-order valence-electron chi connectivity index (χ2n) is 2.88. The van der Waals surface area contributed by atoms with Gasteiger partial charge in [0.2, 0.25) is 0 Å². The van der Waals surface area contributed by atoms with Crippen LogP contribution in [0.15, 0.2) is 0 Å². The van der Waals surface area contributed by atoms with Gasteiger partial charge in [0.15, 0.2) is 5.82 Å². The van der Waals surface area contributed by atoms with E-state index in [4.69, 9.17) is 5.73 Å². The molecule has 2 rings (SSSR count). The van der Waals surface area contributed by atoms with Crippen LogP contribution in [0.2, 0.25) is 0 Å². The van der Waals surface area contributed by atoms with Crippen molar-refractivity contribution in [2.75, 3.05) is 13.1 Å². The summed E-state index contributed by atoms with van der Waals surface area (Å²) in [6, 6.07) is -0.197. The third-order valence-corrected chi connectivity index (χ3v) is 1.90. The fourth-order valence-electron chi connectivity index (χ4n) is 1.31. The molecule has 0 aromatic carbocycles. The number of carbonyl (C=O) groups is 1. The minimum atomic E-state index is -0.197. The highest BCUT2D eigenvalue weighted by Gasteiger charge is 2.19. The highest BCUT2D eigenvalue weighted by Crippen LogP contribution is 2.03. The van der Waals surface area contributed by atoms with E-state index >= 15 is 0 Å². The summed E-state index contributed by atoms with van der Waals surface area (Å²) in [5.74, 6) is 1.38. The van der Waals surface area contributed by atoms with Crippen LogP contribution in [-0.4, -0.2) is 33.9 Å². The fraction of sp³-hybridized carbons (Fsp3) is 0.571. The van der Waals surface area contributed by atoms with Gasteiger partial charge in [0, 0.05) is 19.4 Å². The Labute approximate surface area is 75.1 Å². The molecule has 0 saturated carbocycles. The van der Waals surface area contributed by atoms with Gasteiger partial charge in [-0.05, 0) is 6.54 Å². The van der Waals surface area contributed by atoms with E-state index in [2.05, 4.69) is 15.4 Å². The summed E-state index contributed by atoms with van der Waals surface area (Å²) in [6.45, 7) is 1.14. The van der Waals surface area contributed by atoms with E-state index in [0.717, 1.165) is 12.2 Å². The molecule has 13 heavy (non-hydrogen) atoms. The van der Waals surface area contributed by atoms with Crippen LogP contribution in [0.25, 0.3) is 0 Å². The van der Waals surface area contributed by atoms with Gasteiger partial charge in [-0.2, -0.15) is 4.68 Å². The predicted octanol–water partition coefficient (Wildman–Crippen LogP) is -1.11. The zero-order chi connectivity index (χ0) is 9.26. The largest absolute Gasteiger partial charge is 0.343 e. The summed E-state index contributed by atoms with van der Waals surface area (Å²) >= 11 is 0. The number of hydrogen-bond acceptors (Lipinski definition) is 4. The predicted molar refractivity (Wildman–Crippen MR) is 45.3 cm³/mol. The monoisotopic (exact) mass is 181 g/mol. The van der Waals surface area contributed by atoms with Crippen LogP contribution in [0.1, 0.15) is 11.6 Å². The number of nitrogens with zero attached hydrogens (tertiary/aromatic N) is 3. The Morgan fingerprint density at radius 3 is 3.15 bits per heavy atom. The van der Waals surface area contributed by atoms with Gasteiger partial charge >= 0.3 is 6.03 Å². The fourth-order valence-corrected chi connectivity index (χ4v) is 1.31. The van der Waals surface area contributed by atoms with Gasteiger partial charge in [-0.25, -0.2) is 9.78 Å². The molecule has 3 N–H and O–H groups in total. The Kier molecular flexibility index (Phi) is 1.97. The minimum absolute atomic E-state index is 0.197. The molecular weight excluding hydrogens is 170 g/mol. The molecule has 0 saturated heterocycles. The van der Waals surface area contributed by atoms with E-state index in [-0.39, 0.29) is 6.03 Å². The van der Waals surface area contributed by atoms with Gasteiger partial charge < -0.3 is 11.1 Å². The molecule has 0 fully saturated rings. The first-order valence-electron chi connectivity index (χ1n) is 4.24. The van der Waals surface area contributed by atoms with Crippen LogP contribution in [0.5, 0.6) is 0 Å². The standard InChI is InChI=1S/C7H11N5O/c8-3-1-5-10-6-2-4-9-7(13)12(6)11-5/h1-4,8H2,(H,9,13). The highest BCUT2D eigenvalue weighted by molar-refractivity contribution is 5.77. The molecule has 0 atom stereocenters. The zero-order valence-electron chi connectivity index (χ0n) is 7.16. The molecule has 1 aromatic heterocycles. The molecule has 70 valence electrons. The van der Waals surface area contributed by atoms with Crippen molar-refractivity contribution in [2.24, 2.45) is 5.73 Å². The number of fused-ring (bicyclic) bond motifs is 1. The summed E-state index contributed by atoms with van der Waals surface area (Å²) < 4.78 is 1.31. The number of nitrogens with two attached hydrogens (primary N) is 1. The van der Waals surface area contributed by atoms with Crippen LogP contribution < -0.4 is 11.1 Å². The van der Waals surface area contributed by atoms with Gasteiger partial charge in [0.1, 0.15) is 5.82 Å². The van der Waals surface area contributed by atoms with E-state index < -0.39 is 0 Å². The molecule has 0 aliphatic carbocycles. The molecule has 0 unspecified atom stereocenters. The maximum Gasteiger partial charge on any atom is 0.343 e. The van der Waals surface area contributed by atoms with Crippen LogP contribution in [-0.2, 0) is 12.8 Å². The summed E-state index contributed by atoms with van der Waals surface area (Å²) in [4.78, 5) is 15.4. The number of hydrogen-bond donors (Lipinski definition) is 2. The van der Waals surface area contributed by atoms with Crippen molar-refractivity contribution < 1.29 is 4.79 Å². The van der Waals surface area contributed by atoms with Crippen molar-refractivity contribution in [1.29, 1.82) is 0 Å². The number of carbonyl (C=O) groups excluding carboxylic acids is 1. The van der Waals surface area contributed by atoms with Crippen molar-refractivity contribution in [3.8, 4) is 0 Å². The molecule has 6 heteroatoms.